The molecule has 0 fully saturated rings. The summed E-state index contributed by atoms with van der Waals surface area (Å²) in [6.45, 7) is 4.31. The SMILES string of the molecule is Cc1n[nH]c(C)c1S(=O)(=O)N1CCCOc2ccccc21. The fraction of sp³-hybridized carbons (Fsp3) is 0.357. The van der Waals surface area contributed by atoms with E-state index < -0.39 is 10.0 Å². The van der Waals surface area contributed by atoms with Gasteiger partial charge in [0.25, 0.3) is 10.0 Å². The Labute approximate surface area is 123 Å². The molecule has 2 heterocycles. The van der Waals surface area contributed by atoms with Crippen LogP contribution in [0, 0.1) is 13.8 Å². The minimum Gasteiger partial charge on any atom is -0.491 e. The van der Waals surface area contributed by atoms with Gasteiger partial charge in [0, 0.05) is 13.0 Å². The fourth-order valence-electron chi connectivity index (χ4n) is 2.58. The topological polar surface area (TPSA) is 75.3 Å². The van der Waals surface area contributed by atoms with E-state index in [9.17, 15) is 8.42 Å². The Kier molecular flexibility index (Phi) is 3.36. The Balaban J connectivity index is 2.16. The van der Waals surface area contributed by atoms with E-state index in [2.05, 4.69) is 10.2 Å². The summed E-state index contributed by atoms with van der Waals surface area (Å²) in [6, 6.07) is 7.20. The first-order valence-electron chi connectivity index (χ1n) is 6.78. The van der Waals surface area contributed by atoms with Crippen molar-refractivity contribution in [1.29, 1.82) is 0 Å². The third kappa shape index (κ3) is 2.27. The summed E-state index contributed by atoms with van der Waals surface area (Å²) in [6.07, 6.45) is 0.643. The third-order valence-corrected chi connectivity index (χ3v) is 5.58. The average Bonchev–Trinajstić information content (AvgIpc) is 2.68. The number of aryl methyl sites for hydroxylation is 2. The zero-order valence-electron chi connectivity index (χ0n) is 12.0. The van der Waals surface area contributed by atoms with Crippen LogP contribution >= 0.6 is 0 Å². The highest BCUT2D eigenvalue weighted by Gasteiger charge is 2.32. The number of nitrogens with zero attached hydrogens (tertiary/aromatic N) is 2. The number of benzene rings is 1. The molecule has 6 nitrogen and oxygen atoms in total. The van der Waals surface area contributed by atoms with Crippen molar-refractivity contribution >= 4 is 15.7 Å². The Bertz CT molecular complexity index is 748. The number of aromatic nitrogens is 2. The van der Waals surface area contributed by atoms with Gasteiger partial charge in [-0.25, -0.2) is 8.42 Å². The molecule has 7 heteroatoms. The molecule has 1 aromatic carbocycles. The standard InChI is InChI=1S/C14H17N3O3S/c1-10-14(11(2)16-15-10)21(18,19)17-8-5-9-20-13-7-4-3-6-12(13)17/h3-4,6-7H,5,8-9H2,1-2H3,(H,15,16). The molecule has 2 aromatic rings. The van der Waals surface area contributed by atoms with E-state index in [-0.39, 0.29) is 4.90 Å². The van der Waals surface area contributed by atoms with Crippen molar-refractivity contribution in [3.05, 3.63) is 35.7 Å². The maximum atomic E-state index is 13.0. The number of para-hydroxylation sites is 2. The van der Waals surface area contributed by atoms with Gasteiger partial charge < -0.3 is 4.74 Å². The van der Waals surface area contributed by atoms with Crippen LogP contribution in [-0.4, -0.2) is 31.8 Å². The van der Waals surface area contributed by atoms with Crippen LogP contribution in [0.2, 0.25) is 0 Å². The lowest BCUT2D eigenvalue weighted by molar-refractivity contribution is 0.322. The Morgan fingerprint density at radius 1 is 1.29 bits per heavy atom. The molecule has 21 heavy (non-hydrogen) atoms. The van der Waals surface area contributed by atoms with Crippen LogP contribution in [0.5, 0.6) is 5.75 Å². The molecule has 1 N–H and O–H groups in total. The molecule has 0 atom stereocenters. The lowest BCUT2D eigenvalue weighted by Gasteiger charge is -2.23. The van der Waals surface area contributed by atoms with Crippen LogP contribution in [0.4, 0.5) is 5.69 Å². The van der Waals surface area contributed by atoms with Gasteiger partial charge in [0.05, 0.1) is 23.7 Å². The molecule has 1 aliphatic heterocycles. The Morgan fingerprint density at radius 2 is 2.05 bits per heavy atom. The van der Waals surface area contributed by atoms with Crippen molar-refractivity contribution in [3.8, 4) is 5.75 Å². The molecule has 0 unspecified atom stereocenters. The summed E-state index contributed by atoms with van der Waals surface area (Å²) in [4.78, 5) is 0.249. The molecule has 0 amide bonds. The van der Waals surface area contributed by atoms with Crippen molar-refractivity contribution in [2.75, 3.05) is 17.5 Å². The van der Waals surface area contributed by atoms with Gasteiger partial charge in [-0.15, -0.1) is 0 Å². The molecule has 0 bridgehead atoms. The van der Waals surface area contributed by atoms with Crippen LogP contribution in [0.1, 0.15) is 17.8 Å². The van der Waals surface area contributed by atoms with Crippen LogP contribution in [0.25, 0.3) is 0 Å². The quantitative estimate of drug-likeness (QED) is 0.921. The first-order chi connectivity index (χ1) is 10.0. The van der Waals surface area contributed by atoms with E-state index in [0.29, 0.717) is 42.4 Å². The number of hydrogen-bond donors (Lipinski definition) is 1. The lowest BCUT2D eigenvalue weighted by Crippen LogP contribution is -2.32. The van der Waals surface area contributed by atoms with Crippen molar-refractivity contribution < 1.29 is 13.2 Å². The minimum atomic E-state index is -3.66. The van der Waals surface area contributed by atoms with E-state index in [1.165, 1.54) is 4.31 Å². The van der Waals surface area contributed by atoms with Gasteiger partial charge in [-0.1, -0.05) is 12.1 Å². The maximum absolute atomic E-state index is 13.0. The summed E-state index contributed by atoms with van der Waals surface area (Å²) in [5, 5.41) is 6.73. The number of anilines is 1. The van der Waals surface area contributed by atoms with Crippen LogP contribution < -0.4 is 9.04 Å². The van der Waals surface area contributed by atoms with E-state index in [0.717, 1.165) is 0 Å². The monoisotopic (exact) mass is 307 g/mol. The smallest absolute Gasteiger partial charge is 0.268 e. The molecular weight excluding hydrogens is 290 g/mol. The largest absolute Gasteiger partial charge is 0.491 e. The average molecular weight is 307 g/mol. The number of hydrogen-bond acceptors (Lipinski definition) is 4. The fourth-order valence-corrected chi connectivity index (χ4v) is 4.43. The van der Waals surface area contributed by atoms with Crippen LogP contribution in [0.15, 0.2) is 29.2 Å². The van der Waals surface area contributed by atoms with Crippen molar-refractivity contribution in [1.82, 2.24) is 10.2 Å². The molecule has 0 saturated carbocycles. The van der Waals surface area contributed by atoms with E-state index >= 15 is 0 Å². The van der Waals surface area contributed by atoms with Gasteiger partial charge in [0.1, 0.15) is 10.6 Å². The molecule has 0 spiro atoms. The number of H-pyrrole nitrogens is 1. The number of ether oxygens (including phenoxy) is 1. The summed E-state index contributed by atoms with van der Waals surface area (Å²) in [7, 11) is -3.66. The molecule has 1 aromatic heterocycles. The predicted octanol–water partition coefficient (Wildman–Crippen LogP) is 2.00. The predicted molar refractivity (Wildman–Crippen MR) is 79.1 cm³/mol. The van der Waals surface area contributed by atoms with Crippen molar-refractivity contribution in [2.24, 2.45) is 0 Å². The summed E-state index contributed by atoms with van der Waals surface area (Å²) < 4.78 is 33.1. The molecule has 112 valence electrons. The zero-order valence-corrected chi connectivity index (χ0v) is 12.8. The molecular formula is C14H17N3O3S. The Hall–Kier alpha value is -2.02. The highest BCUT2D eigenvalue weighted by atomic mass is 32.2. The van der Waals surface area contributed by atoms with E-state index in [1.807, 2.05) is 12.1 Å². The van der Waals surface area contributed by atoms with Gasteiger partial charge in [0.2, 0.25) is 0 Å². The second-order valence-corrected chi connectivity index (χ2v) is 6.81. The van der Waals surface area contributed by atoms with Gasteiger partial charge >= 0.3 is 0 Å². The summed E-state index contributed by atoms with van der Waals surface area (Å²) in [5.41, 5.74) is 1.61. The number of sulfonamides is 1. The van der Waals surface area contributed by atoms with E-state index in [4.69, 9.17) is 4.74 Å². The number of aromatic amines is 1. The summed E-state index contributed by atoms with van der Waals surface area (Å²) in [5.74, 6) is 0.595. The van der Waals surface area contributed by atoms with Gasteiger partial charge in [0.15, 0.2) is 0 Å². The van der Waals surface area contributed by atoms with Crippen LogP contribution in [-0.2, 0) is 10.0 Å². The highest BCUT2D eigenvalue weighted by molar-refractivity contribution is 7.93. The second kappa shape index (κ2) is 5.07. The van der Waals surface area contributed by atoms with Crippen LogP contribution in [0.3, 0.4) is 0 Å². The van der Waals surface area contributed by atoms with Crippen molar-refractivity contribution in [3.63, 3.8) is 0 Å². The molecule has 3 rings (SSSR count). The molecule has 1 aliphatic rings. The number of nitrogens with one attached hydrogen (secondary N) is 1. The van der Waals surface area contributed by atoms with E-state index in [1.54, 1.807) is 26.0 Å². The lowest BCUT2D eigenvalue weighted by atomic mass is 10.3. The molecule has 0 saturated heterocycles. The maximum Gasteiger partial charge on any atom is 0.268 e. The molecule has 0 aliphatic carbocycles. The molecule has 0 radical (unpaired) electrons. The zero-order chi connectivity index (χ0) is 15.0. The third-order valence-electron chi connectivity index (χ3n) is 3.51. The highest BCUT2D eigenvalue weighted by Crippen LogP contribution is 2.35. The Morgan fingerprint density at radius 3 is 2.76 bits per heavy atom. The number of fused-ring (bicyclic) bond motifs is 1. The van der Waals surface area contributed by atoms with Gasteiger partial charge in [-0.05, 0) is 26.0 Å². The normalized spacial score (nSPS) is 15.2. The van der Waals surface area contributed by atoms with Gasteiger partial charge in [-0.2, -0.15) is 5.10 Å². The first-order valence-corrected chi connectivity index (χ1v) is 8.22. The first kappa shape index (κ1) is 13.9. The van der Waals surface area contributed by atoms with Crippen molar-refractivity contribution in [2.45, 2.75) is 25.2 Å². The second-order valence-electron chi connectivity index (χ2n) is 5.01. The summed E-state index contributed by atoms with van der Waals surface area (Å²) >= 11 is 0. The minimum absolute atomic E-state index is 0.249. The van der Waals surface area contributed by atoms with Gasteiger partial charge in [-0.3, -0.25) is 9.40 Å². The number of rotatable bonds is 2.